The van der Waals surface area contributed by atoms with E-state index >= 15 is 0 Å². The summed E-state index contributed by atoms with van der Waals surface area (Å²) in [4.78, 5) is 24.4. The Morgan fingerprint density at radius 2 is 1.68 bits per heavy atom. The second-order valence-corrected chi connectivity index (χ2v) is 7.64. The summed E-state index contributed by atoms with van der Waals surface area (Å²) in [6, 6.07) is 19.1. The number of hydrogen-bond donors (Lipinski definition) is 3. The van der Waals surface area contributed by atoms with Crippen molar-refractivity contribution in [1.82, 2.24) is 5.32 Å². The summed E-state index contributed by atoms with van der Waals surface area (Å²) >= 11 is 7.56. The molecule has 0 aliphatic carbocycles. The molecule has 3 rings (SSSR count). The second kappa shape index (κ2) is 10.8. The van der Waals surface area contributed by atoms with Crippen molar-refractivity contribution in [3.05, 3.63) is 88.6 Å². The summed E-state index contributed by atoms with van der Waals surface area (Å²) in [5.41, 5.74) is 0.910. The van der Waals surface area contributed by atoms with Gasteiger partial charge in [-0.2, -0.15) is 0 Å². The number of amides is 3. The Labute approximate surface area is 193 Å². The third-order valence-electron chi connectivity index (χ3n) is 4.14. The molecule has 0 saturated carbocycles. The number of halogens is 2. The lowest BCUT2D eigenvalue weighted by molar-refractivity contribution is 0.102. The van der Waals surface area contributed by atoms with Crippen LogP contribution in [-0.4, -0.2) is 25.1 Å². The Hall–Kier alpha value is -3.04. The highest BCUT2D eigenvalue weighted by Crippen LogP contribution is 2.20. The minimum Gasteiger partial charge on any atom is -0.492 e. The van der Waals surface area contributed by atoms with Gasteiger partial charge in [-0.25, -0.2) is 13.5 Å². The van der Waals surface area contributed by atoms with Crippen molar-refractivity contribution in [2.75, 3.05) is 22.8 Å². The predicted octanol–water partition coefficient (Wildman–Crippen LogP) is 5.28. The van der Waals surface area contributed by atoms with Gasteiger partial charge >= 0.3 is 6.03 Å². The van der Waals surface area contributed by atoms with Crippen molar-refractivity contribution in [3.8, 4) is 5.75 Å². The molecule has 0 fully saturated rings. The van der Waals surface area contributed by atoms with Gasteiger partial charge in [0.2, 0.25) is 0 Å². The van der Waals surface area contributed by atoms with Gasteiger partial charge in [-0.1, -0.05) is 40.9 Å². The molecule has 3 aromatic carbocycles. The van der Waals surface area contributed by atoms with Gasteiger partial charge in [-0.15, -0.1) is 0 Å². The van der Waals surface area contributed by atoms with Gasteiger partial charge in [-0.3, -0.25) is 4.79 Å². The van der Waals surface area contributed by atoms with Crippen LogP contribution in [0, 0.1) is 5.82 Å². The van der Waals surface area contributed by atoms with Crippen LogP contribution in [0.4, 0.5) is 20.6 Å². The number of anilines is 2. The predicted molar refractivity (Wildman–Crippen MR) is 125 cm³/mol. The molecule has 160 valence electrons. The molecule has 0 radical (unpaired) electrons. The third kappa shape index (κ3) is 6.47. The van der Waals surface area contributed by atoms with Gasteiger partial charge in [0.15, 0.2) is 0 Å². The Balaban J connectivity index is 1.48. The molecule has 6 nitrogen and oxygen atoms in total. The van der Waals surface area contributed by atoms with Gasteiger partial charge < -0.3 is 15.4 Å². The van der Waals surface area contributed by atoms with Crippen molar-refractivity contribution in [3.63, 3.8) is 0 Å². The molecular weight excluding hydrogens is 485 g/mol. The van der Waals surface area contributed by atoms with Crippen molar-refractivity contribution in [2.45, 2.75) is 0 Å². The molecule has 9 heteroatoms. The maximum atomic E-state index is 13.7. The molecule has 0 aliphatic rings. The number of nitrogens with one attached hydrogen (secondary N) is 2. The van der Waals surface area contributed by atoms with Crippen molar-refractivity contribution in [1.29, 1.82) is 0 Å². The monoisotopic (exact) mass is 503 g/mol. The summed E-state index contributed by atoms with van der Waals surface area (Å²) in [6.45, 7) is 0.596. The zero-order chi connectivity index (χ0) is 22.2. The van der Waals surface area contributed by atoms with Crippen LogP contribution in [0.25, 0.3) is 0 Å². The number of rotatable bonds is 7. The first-order chi connectivity index (χ1) is 14.9. The van der Waals surface area contributed by atoms with E-state index < -0.39 is 17.8 Å². The molecule has 0 saturated heterocycles. The molecule has 0 atom stereocenters. The van der Waals surface area contributed by atoms with E-state index in [9.17, 15) is 14.0 Å². The van der Waals surface area contributed by atoms with Crippen LogP contribution in [0.1, 0.15) is 10.4 Å². The van der Waals surface area contributed by atoms with E-state index in [1.807, 2.05) is 24.3 Å². The molecule has 0 bridgehead atoms. The molecule has 0 aromatic heterocycles. The first-order valence-corrected chi connectivity index (χ1v) is 10.4. The summed E-state index contributed by atoms with van der Waals surface area (Å²) in [5, 5.41) is 5.31. The van der Waals surface area contributed by atoms with Crippen molar-refractivity contribution < 1.29 is 18.7 Å². The van der Waals surface area contributed by atoms with Crippen LogP contribution in [-0.2, 0) is 0 Å². The Kier molecular flexibility index (Phi) is 7.91. The molecule has 0 spiro atoms. The highest BCUT2D eigenvalue weighted by Gasteiger charge is 2.13. The number of carbonyl (C=O) groups excluding carboxylic acids is 2. The maximum Gasteiger partial charge on any atom is 0.332 e. The Morgan fingerprint density at radius 3 is 2.35 bits per heavy atom. The highest BCUT2D eigenvalue weighted by atomic mass is 79.9. The molecule has 0 heterocycles. The summed E-state index contributed by atoms with van der Waals surface area (Å²) in [7, 11) is 0. The van der Waals surface area contributed by atoms with Crippen LogP contribution in [0.2, 0.25) is 0 Å². The van der Waals surface area contributed by atoms with Gasteiger partial charge in [-0.05, 0) is 60.7 Å². The number of benzene rings is 3. The van der Waals surface area contributed by atoms with Crippen LogP contribution in [0.5, 0.6) is 5.75 Å². The fourth-order valence-corrected chi connectivity index (χ4v) is 3.05. The second-order valence-electron chi connectivity index (χ2n) is 6.33. The number of carbonyl (C=O) groups is 2. The smallest absolute Gasteiger partial charge is 0.332 e. The largest absolute Gasteiger partial charge is 0.492 e. The normalized spacial score (nSPS) is 10.3. The van der Waals surface area contributed by atoms with Crippen LogP contribution in [0.3, 0.4) is 0 Å². The van der Waals surface area contributed by atoms with E-state index in [1.165, 1.54) is 18.2 Å². The first kappa shape index (κ1) is 22.6. The van der Waals surface area contributed by atoms with Crippen LogP contribution < -0.4 is 19.7 Å². The average Bonchev–Trinajstić information content (AvgIpc) is 2.78. The molecule has 2 N–H and O–H groups in total. The summed E-state index contributed by atoms with van der Waals surface area (Å²) < 4.78 is 21.4. The molecule has 31 heavy (non-hydrogen) atoms. The molecular formula is C22H19BrFN3O3S. The van der Waals surface area contributed by atoms with E-state index in [2.05, 4.69) is 39.4 Å². The molecule has 3 amide bonds. The molecule has 3 aromatic rings. The van der Waals surface area contributed by atoms with Crippen LogP contribution in [0.15, 0.2) is 77.3 Å². The SMILES string of the molecule is O=C(Nc1ccc(N(S)C(=O)NCCOc2ccc(Br)cc2)cc1)c1ccccc1F. The summed E-state index contributed by atoms with van der Waals surface area (Å²) in [6.07, 6.45) is 0. The number of ether oxygens (including phenoxy) is 1. The molecule has 0 aliphatic heterocycles. The van der Waals surface area contributed by atoms with Crippen LogP contribution >= 0.6 is 28.7 Å². The fraction of sp³-hybridized carbons (Fsp3) is 0.0909. The minimum absolute atomic E-state index is 0.0490. The van der Waals surface area contributed by atoms with E-state index in [1.54, 1.807) is 30.3 Å². The van der Waals surface area contributed by atoms with E-state index in [-0.39, 0.29) is 5.56 Å². The van der Waals surface area contributed by atoms with Gasteiger partial charge in [0.25, 0.3) is 5.91 Å². The lowest BCUT2D eigenvalue weighted by Gasteiger charge is -2.17. The molecule has 0 unspecified atom stereocenters. The minimum atomic E-state index is -0.598. The van der Waals surface area contributed by atoms with Gasteiger partial charge in [0.1, 0.15) is 18.2 Å². The Morgan fingerprint density at radius 1 is 1.00 bits per heavy atom. The number of thiol groups is 1. The topological polar surface area (TPSA) is 70.7 Å². The zero-order valence-corrected chi connectivity index (χ0v) is 18.7. The number of hydrogen-bond acceptors (Lipinski definition) is 4. The quantitative estimate of drug-likeness (QED) is 0.303. The van der Waals surface area contributed by atoms with Gasteiger partial charge in [0.05, 0.1) is 17.8 Å². The van der Waals surface area contributed by atoms with Gasteiger partial charge in [0, 0.05) is 10.2 Å². The first-order valence-electron chi connectivity index (χ1n) is 9.25. The maximum absolute atomic E-state index is 13.7. The highest BCUT2D eigenvalue weighted by molar-refractivity contribution is 9.10. The van der Waals surface area contributed by atoms with E-state index in [0.717, 1.165) is 8.78 Å². The average molecular weight is 504 g/mol. The lowest BCUT2D eigenvalue weighted by Crippen LogP contribution is -2.36. The van der Waals surface area contributed by atoms with E-state index in [4.69, 9.17) is 4.74 Å². The fourth-order valence-electron chi connectivity index (χ4n) is 2.58. The Bertz CT molecular complexity index is 1050. The lowest BCUT2D eigenvalue weighted by atomic mass is 10.2. The van der Waals surface area contributed by atoms with Crippen molar-refractivity contribution in [2.24, 2.45) is 0 Å². The van der Waals surface area contributed by atoms with E-state index in [0.29, 0.717) is 30.3 Å². The standard InChI is InChI=1S/C22H19BrFN3O3S/c23-15-5-11-18(12-6-15)30-14-13-25-22(29)27(31)17-9-7-16(8-10-17)26-21(28)19-3-1-2-4-20(19)24/h1-12,31H,13-14H2,(H,25,29)(H,26,28). The summed E-state index contributed by atoms with van der Waals surface area (Å²) in [5.74, 6) is -0.454. The third-order valence-corrected chi connectivity index (χ3v) is 5.08. The zero-order valence-electron chi connectivity index (χ0n) is 16.2. The number of nitrogens with zero attached hydrogens (tertiary/aromatic N) is 1. The van der Waals surface area contributed by atoms with Crippen molar-refractivity contribution >= 4 is 52.1 Å². The number of urea groups is 1.